The smallest absolute Gasteiger partial charge is 0.406 e. The van der Waals surface area contributed by atoms with Gasteiger partial charge in [0, 0.05) is 12.6 Å². The normalized spacial score (nSPS) is 11.7. The van der Waals surface area contributed by atoms with Crippen molar-refractivity contribution >= 4 is 16.7 Å². The van der Waals surface area contributed by atoms with Gasteiger partial charge < -0.3 is 9.32 Å². The average molecular weight is 299 g/mol. The highest BCUT2D eigenvalue weighted by Gasteiger charge is 2.33. The minimum Gasteiger partial charge on any atom is -0.417 e. The van der Waals surface area contributed by atoms with Crippen LogP contribution in [0.25, 0.3) is 10.8 Å². The number of fused-ring (bicyclic) bond motifs is 1. The van der Waals surface area contributed by atoms with Crippen molar-refractivity contribution in [3.8, 4) is 0 Å². The van der Waals surface area contributed by atoms with Crippen molar-refractivity contribution in [3.05, 3.63) is 46.0 Å². The number of hydrogen-bond acceptors (Lipinski definition) is 3. The van der Waals surface area contributed by atoms with E-state index in [-0.39, 0.29) is 11.1 Å². The molecule has 112 valence electrons. The van der Waals surface area contributed by atoms with E-state index in [1.54, 1.807) is 18.2 Å². The lowest BCUT2D eigenvalue weighted by atomic mass is 10.1. The van der Waals surface area contributed by atoms with Crippen LogP contribution in [-0.4, -0.2) is 30.6 Å². The molecule has 0 saturated heterocycles. The average Bonchev–Trinajstić information content (AvgIpc) is 2.40. The quantitative estimate of drug-likeness (QED) is 0.856. The summed E-state index contributed by atoms with van der Waals surface area (Å²) in [6, 6.07) is 6.45. The number of carbonyl (C=O) groups is 1. The van der Waals surface area contributed by atoms with Gasteiger partial charge in [0.1, 0.15) is 6.54 Å². The largest absolute Gasteiger partial charge is 0.417 e. The Morgan fingerprint density at radius 3 is 2.38 bits per heavy atom. The maximum absolute atomic E-state index is 12.3. The molecule has 0 aliphatic carbocycles. The number of halogens is 3. The number of aryl methyl sites for hydroxylation is 1. The molecule has 0 unspecified atom stereocenters. The van der Waals surface area contributed by atoms with E-state index in [0.29, 0.717) is 15.8 Å². The first kappa shape index (κ1) is 15.1. The van der Waals surface area contributed by atoms with Crippen LogP contribution in [0.1, 0.15) is 16.1 Å². The summed E-state index contributed by atoms with van der Waals surface area (Å²) in [4.78, 5) is 24.3. The molecule has 7 heteroatoms. The Hall–Kier alpha value is -2.31. The van der Waals surface area contributed by atoms with Crippen LogP contribution in [0.5, 0.6) is 0 Å². The molecule has 0 atom stereocenters. The van der Waals surface area contributed by atoms with E-state index in [2.05, 4.69) is 0 Å². The number of alkyl halides is 3. The highest BCUT2D eigenvalue weighted by molar-refractivity contribution is 5.97. The SMILES string of the molecule is Cc1c(C(=O)N(C)CC(F)(F)F)oc(=O)c2ccccc12. The summed E-state index contributed by atoms with van der Waals surface area (Å²) in [6.45, 7) is 0.113. The van der Waals surface area contributed by atoms with Crippen LogP contribution in [0.3, 0.4) is 0 Å². The van der Waals surface area contributed by atoms with Crippen molar-refractivity contribution in [3.63, 3.8) is 0 Å². The highest BCUT2D eigenvalue weighted by Crippen LogP contribution is 2.21. The first-order chi connectivity index (χ1) is 9.70. The number of benzene rings is 1. The summed E-state index contributed by atoms with van der Waals surface area (Å²) in [6.07, 6.45) is -4.52. The van der Waals surface area contributed by atoms with Gasteiger partial charge in [-0.1, -0.05) is 18.2 Å². The minimum atomic E-state index is -4.52. The van der Waals surface area contributed by atoms with Crippen molar-refractivity contribution in [2.24, 2.45) is 0 Å². The molecule has 0 saturated carbocycles. The lowest BCUT2D eigenvalue weighted by molar-refractivity contribution is -0.138. The van der Waals surface area contributed by atoms with Gasteiger partial charge in [-0.2, -0.15) is 13.2 Å². The second-order valence-electron chi connectivity index (χ2n) is 4.67. The van der Waals surface area contributed by atoms with Crippen molar-refractivity contribution in [2.75, 3.05) is 13.6 Å². The molecule has 0 fully saturated rings. The first-order valence-electron chi connectivity index (χ1n) is 6.05. The van der Waals surface area contributed by atoms with E-state index in [1.165, 1.54) is 13.0 Å². The molecule has 0 aliphatic heterocycles. The summed E-state index contributed by atoms with van der Waals surface area (Å²) in [5.41, 5.74) is -0.413. The summed E-state index contributed by atoms with van der Waals surface area (Å²) in [7, 11) is 1.00. The van der Waals surface area contributed by atoms with Gasteiger partial charge in [0.25, 0.3) is 5.91 Å². The Bertz CT molecular complexity index is 749. The zero-order valence-electron chi connectivity index (χ0n) is 11.3. The number of amides is 1. The Balaban J connectivity index is 2.50. The standard InChI is InChI=1S/C14H12F3NO3/c1-8-9-5-3-4-6-10(9)13(20)21-11(8)12(19)18(2)7-14(15,16)17/h3-6H,7H2,1-2H3. The van der Waals surface area contributed by atoms with Crippen LogP contribution in [0.15, 0.2) is 33.5 Å². The van der Waals surface area contributed by atoms with Crippen LogP contribution in [-0.2, 0) is 0 Å². The molecule has 0 N–H and O–H groups in total. The lowest BCUT2D eigenvalue weighted by Gasteiger charge is -2.19. The van der Waals surface area contributed by atoms with E-state index in [0.717, 1.165) is 7.05 Å². The molecular weight excluding hydrogens is 287 g/mol. The van der Waals surface area contributed by atoms with Gasteiger partial charge in [-0.15, -0.1) is 0 Å². The number of carbonyl (C=O) groups excluding carboxylic acids is 1. The van der Waals surface area contributed by atoms with E-state index < -0.39 is 24.3 Å². The molecule has 0 aliphatic rings. The molecule has 1 aromatic heterocycles. The molecule has 1 aromatic carbocycles. The van der Waals surface area contributed by atoms with Gasteiger partial charge in [0.05, 0.1) is 5.39 Å². The summed E-state index contributed by atoms with van der Waals surface area (Å²) in [5.74, 6) is -1.35. The molecule has 0 radical (unpaired) electrons. The summed E-state index contributed by atoms with van der Waals surface area (Å²) < 4.78 is 41.9. The summed E-state index contributed by atoms with van der Waals surface area (Å²) >= 11 is 0. The maximum Gasteiger partial charge on any atom is 0.406 e. The van der Waals surface area contributed by atoms with E-state index in [1.807, 2.05) is 0 Å². The van der Waals surface area contributed by atoms with Gasteiger partial charge >= 0.3 is 11.8 Å². The van der Waals surface area contributed by atoms with Crippen molar-refractivity contribution in [1.82, 2.24) is 4.90 Å². The number of hydrogen-bond donors (Lipinski definition) is 0. The molecule has 4 nitrogen and oxygen atoms in total. The Labute approximate surface area is 117 Å². The molecule has 1 heterocycles. The monoisotopic (exact) mass is 299 g/mol. The third kappa shape index (κ3) is 3.07. The van der Waals surface area contributed by atoms with E-state index >= 15 is 0 Å². The molecule has 0 spiro atoms. The predicted molar refractivity (Wildman–Crippen MR) is 70.2 cm³/mol. The van der Waals surface area contributed by atoms with Crippen LogP contribution in [0, 0.1) is 6.92 Å². The van der Waals surface area contributed by atoms with Gasteiger partial charge in [-0.25, -0.2) is 4.79 Å². The van der Waals surface area contributed by atoms with Crippen LogP contribution < -0.4 is 5.63 Å². The highest BCUT2D eigenvalue weighted by atomic mass is 19.4. The third-order valence-corrected chi connectivity index (χ3v) is 3.04. The molecule has 1 amide bonds. The fourth-order valence-electron chi connectivity index (χ4n) is 2.05. The zero-order valence-corrected chi connectivity index (χ0v) is 11.3. The fraction of sp³-hybridized carbons (Fsp3) is 0.286. The maximum atomic E-state index is 12.3. The van der Waals surface area contributed by atoms with Crippen LogP contribution in [0.4, 0.5) is 13.2 Å². The molecule has 21 heavy (non-hydrogen) atoms. The van der Waals surface area contributed by atoms with Gasteiger partial charge in [0.15, 0.2) is 5.76 Å². The van der Waals surface area contributed by atoms with Crippen LogP contribution >= 0.6 is 0 Å². The first-order valence-corrected chi connectivity index (χ1v) is 6.05. The number of nitrogens with zero attached hydrogens (tertiary/aromatic N) is 1. The second-order valence-corrected chi connectivity index (χ2v) is 4.67. The van der Waals surface area contributed by atoms with Crippen molar-refractivity contribution in [2.45, 2.75) is 13.1 Å². The molecular formula is C14H12F3NO3. The lowest BCUT2D eigenvalue weighted by Crippen LogP contribution is -2.36. The Kier molecular flexibility index (Phi) is 3.76. The summed E-state index contributed by atoms with van der Waals surface area (Å²) in [5, 5.41) is 0.766. The Morgan fingerprint density at radius 1 is 1.24 bits per heavy atom. The molecule has 0 bridgehead atoms. The molecule has 2 aromatic rings. The zero-order chi connectivity index (χ0) is 15.8. The van der Waals surface area contributed by atoms with E-state index in [4.69, 9.17) is 4.42 Å². The van der Waals surface area contributed by atoms with Crippen molar-refractivity contribution in [1.29, 1.82) is 0 Å². The Morgan fingerprint density at radius 2 is 1.81 bits per heavy atom. The van der Waals surface area contributed by atoms with Gasteiger partial charge in [-0.3, -0.25) is 4.79 Å². The fourth-order valence-corrected chi connectivity index (χ4v) is 2.05. The molecule has 2 rings (SSSR count). The van der Waals surface area contributed by atoms with Gasteiger partial charge in [-0.05, 0) is 18.4 Å². The minimum absolute atomic E-state index is 0.282. The second kappa shape index (κ2) is 5.23. The number of rotatable bonds is 2. The topological polar surface area (TPSA) is 50.5 Å². The third-order valence-electron chi connectivity index (χ3n) is 3.04. The predicted octanol–water partition coefficient (Wildman–Crippen LogP) is 2.74. The van der Waals surface area contributed by atoms with E-state index in [9.17, 15) is 22.8 Å². The van der Waals surface area contributed by atoms with Crippen LogP contribution in [0.2, 0.25) is 0 Å². The van der Waals surface area contributed by atoms with Gasteiger partial charge in [0.2, 0.25) is 0 Å². The van der Waals surface area contributed by atoms with Crippen molar-refractivity contribution < 1.29 is 22.4 Å².